The first kappa shape index (κ1) is 20.2. The standard InChI is InChI=1S/C20H16Br2N4O2S/c1-3-8-29-20-24-19(27)17-13-9-11(21)4-6-15(13)23-18(26(17)25-20)14-10-12(22)5-7-16(14)28-2/h3-7,9-10,18H,1,8H2,2H3,(H,24,25,27)/t18-/m0/s1. The number of nitrogens with zero attached hydrogens (tertiary/aromatic N) is 3. The molecule has 2 heterocycles. The number of halogens is 2. The molecule has 29 heavy (non-hydrogen) atoms. The number of amides is 1. The number of benzene rings is 2. The molecule has 9 heteroatoms. The molecule has 1 N–H and O–H groups in total. The lowest BCUT2D eigenvalue weighted by atomic mass is 10.1. The number of methoxy groups -OCH3 is 1. The van der Waals surface area contributed by atoms with E-state index in [-0.39, 0.29) is 5.91 Å². The number of hydrazone groups is 1. The molecule has 0 saturated heterocycles. The van der Waals surface area contributed by atoms with E-state index in [1.165, 1.54) is 11.8 Å². The van der Waals surface area contributed by atoms with Crippen molar-refractivity contribution in [1.29, 1.82) is 0 Å². The summed E-state index contributed by atoms with van der Waals surface area (Å²) >= 11 is 8.41. The molecule has 2 aliphatic rings. The third kappa shape index (κ3) is 3.86. The third-order valence-corrected chi connectivity index (χ3v) is 6.22. The maximum absolute atomic E-state index is 13.1. The Balaban J connectivity index is 1.97. The van der Waals surface area contributed by atoms with Gasteiger partial charge in [-0.3, -0.25) is 15.1 Å². The number of thioether (sulfide) groups is 1. The summed E-state index contributed by atoms with van der Waals surface area (Å²) in [5.41, 5.74) is 1.26. The van der Waals surface area contributed by atoms with Crippen LogP contribution in [0.1, 0.15) is 11.7 Å². The summed E-state index contributed by atoms with van der Waals surface area (Å²) in [6, 6.07) is 11.4. The Morgan fingerprint density at radius 1 is 1.28 bits per heavy atom. The number of hydrogen-bond donors (Lipinski definition) is 1. The molecule has 0 bridgehead atoms. The van der Waals surface area contributed by atoms with Gasteiger partial charge in [0, 0.05) is 25.5 Å². The van der Waals surface area contributed by atoms with Gasteiger partial charge in [-0.1, -0.05) is 49.7 Å². The second kappa shape index (κ2) is 8.33. The van der Waals surface area contributed by atoms with E-state index < -0.39 is 6.17 Å². The number of hydrogen-bond acceptors (Lipinski definition) is 6. The summed E-state index contributed by atoms with van der Waals surface area (Å²) in [6.07, 6.45) is 1.22. The molecule has 0 fully saturated rings. The molecule has 0 aliphatic carbocycles. The summed E-state index contributed by atoms with van der Waals surface area (Å²) in [5.74, 6) is 1.08. The molecule has 0 radical (unpaired) electrons. The summed E-state index contributed by atoms with van der Waals surface area (Å²) in [5, 5.41) is 11.2. The van der Waals surface area contributed by atoms with E-state index in [0.29, 0.717) is 22.4 Å². The Hall–Kier alpha value is -2.10. The predicted molar refractivity (Wildman–Crippen MR) is 122 cm³/mol. The maximum atomic E-state index is 13.1. The van der Waals surface area contributed by atoms with Crippen molar-refractivity contribution in [1.82, 2.24) is 10.3 Å². The predicted octanol–water partition coefficient (Wildman–Crippen LogP) is 3.28. The second-order valence-corrected chi connectivity index (χ2v) is 9.04. The Morgan fingerprint density at radius 2 is 2.03 bits per heavy atom. The van der Waals surface area contributed by atoms with E-state index >= 15 is 0 Å². The van der Waals surface area contributed by atoms with Crippen molar-refractivity contribution >= 4 is 60.4 Å². The zero-order chi connectivity index (χ0) is 20.5. The number of carbonyl (C=O) groups excluding carboxylic acids is 1. The average Bonchev–Trinajstić information content (AvgIpc) is 2.71. The number of nitrogens with one attached hydrogen (secondary N) is 1. The van der Waals surface area contributed by atoms with Crippen LogP contribution in [0.3, 0.4) is 0 Å². The lowest BCUT2D eigenvalue weighted by molar-refractivity contribution is -0.116. The van der Waals surface area contributed by atoms with Crippen LogP contribution in [0.5, 0.6) is 5.75 Å². The molecule has 6 nitrogen and oxygen atoms in total. The van der Waals surface area contributed by atoms with Crippen LogP contribution >= 0.6 is 43.6 Å². The van der Waals surface area contributed by atoms with Crippen LogP contribution in [0.2, 0.25) is 0 Å². The van der Waals surface area contributed by atoms with E-state index in [4.69, 9.17) is 14.8 Å². The fraction of sp³-hybridized carbons (Fsp3) is 0.150. The highest BCUT2D eigenvalue weighted by Gasteiger charge is 2.35. The van der Waals surface area contributed by atoms with Gasteiger partial charge in [0.2, 0.25) is 0 Å². The monoisotopic (exact) mass is 534 g/mol. The molecule has 2 aromatic rings. The Kier molecular flexibility index (Phi) is 5.80. The van der Waals surface area contributed by atoms with Gasteiger partial charge in [0.15, 0.2) is 11.3 Å². The molecule has 0 aromatic heterocycles. The number of fused-ring (bicyclic) bond motifs is 2. The van der Waals surface area contributed by atoms with Crippen molar-refractivity contribution in [2.75, 3.05) is 12.9 Å². The van der Waals surface area contributed by atoms with Crippen LogP contribution in [-0.4, -0.2) is 28.9 Å². The Morgan fingerprint density at radius 3 is 2.79 bits per heavy atom. The molecule has 1 amide bonds. The van der Waals surface area contributed by atoms with Crippen molar-refractivity contribution in [3.05, 3.63) is 74.1 Å². The highest BCUT2D eigenvalue weighted by atomic mass is 79.9. The van der Waals surface area contributed by atoms with Gasteiger partial charge in [-0.15, -0.1) is 11.7 Å². The average molecular weight is 536 g/mol. The van der Waals surface area contributed by atoms with Gasteiger partial charge in [0.25, 0.3) is 5.91 Å². The van der Waals surface area contributed by atoms with Gasteiger partial charge in [-0.25, -0.2) is 5.01 Å². The number of amidine groups is 1. The van der Waals surface area contributed by atoms with E-state index in [1.54, 1.807) is 18.2 Å². The van der Waals surface area contributed by atoms with Crippen molar-refractivity contribution in [3.63, 3.8) is 0 Å². The maximum Gasteiger partial charge on any atom is 0.276 e. The minimum absolute atomic E-state index is 0.222. The molecular weight excluding hydrogens is 520 g/mol. The van der Waals surface area contributed by atoms with Crippen LogP contribution < -0.4 is 20.6 Å². The Bertz CT molecular complexity index is 1170. The molecule has 0 spiro atoms. The molecule has 4 rings (SSSR count). The van der Waals surface area contributed by atoms with Gasteiger partial charge in [-0.05, 0) is 36.4 Å². The van der Waals surface area contributed by atoms with Crippen LogP contribution in [0.15, 0.2) is 68.1 Å². The van der Waals surface area contributed by atoms with Crippen LogP contribution in [-0.2, 0) is 4.79 Å². The summed E-state index contributed by atoms with van der Waals surface area (Å²) in [6.45, 7) is 3.73. The summed E-state index contributed by atoms with van der Waals surface area (Å²) in [4.78, 5) is 18.0. The lowest BCUT2D eigenvalue weighted by Gasteiger charge is -2.34. The molecule has 0 unspecified atom stereocenters. The second-order valence-electron chi connectivity index (χ2n) is 6.20. The zero-order valence-electron chi connectivity index (χ0n) is 15.4. The lowest BCUT2D eigenvalue weighted by Crippen LogP contribution is -2.50. The van der Waals surface area contributed by atoms with Crippen LogP contribution in [0.25, 0.3) is 5.70 Å². The van der Waals surface area contributed by atoms with Crippen molar-refractivity contribution in [2.45, 2.75) is 6.17 Å². The summed E-state index contributed by atoms with van der Waals surface area (Å²) in [7, 11) is 1.61. The van der Waals surface area contributed by atoms with E-state index in [2.05, 4.69) is 43.8 Å². The molecule has 0 saturated carbocycles. The summed E-state index contributed by atoms with van der Waals surface area (Å²) < 4.78 is 7.32. The first-order valence-corrected chi connectivity index (χ1v) is 11.2. The van der Waals surface area contributed by atoms with E-state index in [0.717, 1.165) is 25.1 Å². The molecular formula is C20H16Br2N4O2S. The minimum Gasteiger partial charge on any atom is -0.496 e. The number of rotatable bonds is 4. The first-order valence-electron chi connectivity index (χ1n) is 8.66. The van der Waals surface area contributed by atoms with Gasteiger partial charge in [0.05, 0.1) is 12.5 Å². The van der Waals surface area contributed by atoms with Gasteiger partial charge < -0.3 is 4.74 Å². The first-order chi connectivity index (χ1) is 14.0. The number of carbonyl (C=O) groups is 1. The molecule has 148 valence electrons. The van der Waals surface area contributed by atoms with Crippen molar-refractivity contribution in [3.8, 4) is 5.75 Å². The fourth-order valence-electron chi connectivity index (χ4n) is 3.16. The fourth-order valence-corrected chi connectivity index (χ4v) is 4.49. The van der Waals surface area contributed by atoms with Gasteiger partial charge >= 0.3 is 0 Å². The van der Waals surface area contributed by atoms with Crippen molar-refractivity contribution < 1.29 is 9.53 Å². The largest absolute Gasteiger partial charge is 0.496 e. The molecule has 2 aromatic carbocycles. The van der Waals surface area contributed by atoms with Gasteiger partial charge in [-0.2, -0.15) is 0 Å². The van der Waals surface area contributed by atoms with Crippen LogP contribution in [0, 0.1) is 0 Å². The van der Waals surface area contributed by atoms with Gasteiger partial charge in [0.1, 0.15) is 11.4 Å². The molecule has 1 atom stereocenters. The molecule has 2 aliphatic heterocycles. The van der Waals surface area contributed by atoms with Crippen LogP contribution in [0.4, 0.5) is 0 Å². The van der Waals surface area contributed by atoms with Crippen molar-refractivity contribution in [2.24, 2.45) is 10.1 Å². The SMILES string of the molecule is C=CCSC1=NN2C(=c3cc(Br)ccc3=N[C@@H]2c2cc(Br)ccc2OC)C(=O)N1. The minimum atomic E-state index is -0.545. The normalized spacial score (nSPS) is 17.6. The topological polar surface area (TPSA) is 66.3 Å². The number of ether oxygens (including phenoxy) is 1. The zero-order valence-corrected chi connectivity index (χ0v) is 19.3. The highest BCUT2D eigenvalue weighted by molar-refractivity contribution is 9.10. The van der Waals surface area contributed by atoms with E-state index in [9.17, 15) is 4.79 Å². The quantitative estimate of drug-likeness (QED) is 0.610. The van der Waals surface area contributed by atoms with E-state index in [1.807, 2.05) is 36.4 Å². The Labute approximate surface area is 188 Å². The third-order valence-electron chi connectivity index (χ3n) is 4.38. The smallest absolute Gasteiger partial charge is 0.276 e. The highest BCUT2D eigenvalue weighted by Crippen LogP contribution is 2.37.